The first kappa shape index (κ1) is 104. The molecule has 1 rings (SSSR count). The molecule has 0 aliphatic heterocycles. The van der Waals surface area contributed by atoms with E-state index in [1.54, 1.807) is 0 Å². The van der Waals surface area contributed by atoms with Gasteiger partial charge in [0.15, 0.2) is 0 Å². The average molecular weight is 1650 g/mol. The van der Waals surface area contributed by atoms with E-state index in [2.05, 4.69) is 0 Å². The monoisotopic (exact) mass is 1660 g/mol. The van der Waals surface area contributed by atoms with E-state index in [1.165, 1.54) is 13.2 Å². The normalized spacial score (nSPS) is 10.5. The number of alkyl halides is 7. The fraction of sp³-hybridized carbons (Fsp3) is 0.708. The standard InChI is InChI=1S/C5H8F2.C4H10O2S.C3H5F3.C3H6F2.C3H5N.6CH3.6W/c1-4-2-5(6,7)3-4;1-3-4-7(2,5)6;1-2-3(4,5)6;1-2-3(4)5;1-2-3-4;;;;;;;;;;;;/h4H,2-3H2,1H3;3-4H2,1-2H3;2H2,1H3;3H,2H2,1H3;2H2,1H3;6*1H3;;;;;;/q;;;;;6*-1;;;;;;. The van der Waals surface area contributed by atoms with Gasteiger partial charge >= 0.3 is 6.18 Å². The van der Waals surface area contributed by atoms with Crippen LogP contribution in [0.2, 0.25) is 0 Å². The van der Waals surface area contributed by atoms with Crippen molar-refractivity contribution in [1.82, 2.24) is 0 Å². The molecule has 0 N–H and O–H groups in total. The van der Waals surface area contributed by atoms with Crippen molar-refractivity contribution < 1.29 is 166 Å². The van der Waals surface area contributed by atoms with Gasteiger partial charge in [-0.25, -0.2) is 26.0 Å². The Morgan fingerprint density at radius 3 is 1.05 bits per heavy atom. The largest absolute Gasteiger partial charge is 0.388 e. The fourth-order valence-corrected chi connectivity index (χ4v) is 2.07. The molecule has 0 heterocycles. The van der Waals surface area contributed by atoms with E-state index in [9.17, 15) is 39.2 Å². The molecule has 1 aliphatic carbocycles. The van der Waals surface area contributed by atoms with Gasteiger partial charge < -0.3 is 44.6 Å². The van der Waals surface area contributed by atoms with Crippen LogP contribution in [0.3, 0.4) is 0 Å². The van der Waals surface area contributed by atoms with Crippen molar-refractivity contribution in [2.75, 3.05) is 12.0 Å². The summed E-state index contributed by atoms with van der Waals surface area (Å²) in [4.78, 5) is 0. The predicted octanol–water partition coefficient (Wildman–Crippen LogP) is 9.72. The molecule has 0 radical (unpaired) electrons. The van der Waals surface area contributed by atoms with Crippen LogP contribution in [0.4, 0.5) is 30.7 Å². The Bertz CT molecular complexity index is 522. The van der Waals surface area contributed by atoms with Gasteiger partial charge in [0.05, 0.1) is 6.07 Å². The number of nitrogens with zero attached hydrogens (tertiary/aromatic N) is 1. The van der Waals surface area contributed by atoms with Crippen LogP contribution in [0.15, 0.2) is 0 Å². The average Bonchev–Trinajstić information content (AvgIpc) is 2.53. The quantitative estimate of drug-likeness (QED) is 0.209. The summed E-state index contributed by atoms with van der Waals surface area (Å²) >= 11 is 0. The summed E-state index contributed by atoms with van der Waals surface area (Å²) in [5, 5.41) is 7.62. The maximum Gasteiger partial charge on any atom is 0.388 e. The number of halogens is 7. The van der Waals surface area contributed by atoms with Crippen molar-refractivity contribution in [3.8, 4) is 6.07 Å². The molecule has 3 nitrogen and oxygen atoms in total. The molecule has 0 aromatic heterocycles. The second-order valence-electron chi connectivity index (χ2n) is 6.28. The van der Waals surface area contributed by atoms with Crippen molar-refractivity contribution in [3.63, 3.8) is 0 Å². The zero-order valence-electron chi connectivity index (χ0n) is 26.4. The van der Waals surface area contributed by atoms with Crippen LogP contribution in [0.1, 0.15) is 73.1 Å². The number of rotatable bonds is 3. The van der Waals surface area contributed by atoms with Crippen LogP contribution < -0.4 is 0 Å². The molecule has 0 bridgehead atoms. The van der Waals surface area contributed by atoms with Crippen molar-refractivity contribution in [1.29, 1.82) is 5.26 Å². The maximum atomic E-state index is 11.8. The van der Waals surface area contributed by atoms with Crippen LogP contribution in [-0.2, 0) is 136 Å². The second-order valence-corrected chi connectivity index (χ2v) is 8.54. The minimum absolute atomic E-state index is 0. The van der Waals surface area contributed by atoms with E-state index in [4.69, 9.17) is 5.26 Å². The van der Waals surface area contributed by atoms with Gasteiger partial charge in [0.1, 0.15) is 9.84 Å². The van der Waals surface area contributed by atoms with Crippen LogP contribution >= 0.6 is 0 Å². The topological polar surface area (TPSA) is 57.9 Å². The first-order chi connectivity index (χ1) is 12.9. The minimum Gasteiger partial charge on any atom is -0.358 e. The molecule has 1 fully saturated rings. The van der Waals surface area contributed by atoms with Crippen molar-refractivity contribution in [3.05, 3.63) is 44.6 Å². The molecule has 0 amide bonds. The number of hydrogen-bond donors (Lipinski definition) is 0. The molecule has 41 heavy (non-hydrogen) atoms. The molecule has 0 spiro atoms. The summed E-state index contributed by atoms with van der Waals surface area (Å²) in [6.07, 6.45) is -4.03. The first-order valence-electron chi connectivity index (χ1n) is 9.18. The Labute approximate surface area is 337 Å². The fourth-order valence-electron chi connectivity index (χ4n) is 1.33. The summed E-state index contributed by atoms with van der Waals surface area (Å²) in [6.45, 7) is 8.04. The summed E-state index contributed by atoms with van der Waals surface area (Å²) < 4.78 is 97.9. The third-order valence-electron chi connectivity index (χ3n) is 2.74. The third kappa shape index (κ3) is 136. The number of nitriles is 1. The van der Waals surface area contributed by atoms with Gasteiger partial charge in [-0.05, 0) is 12.3 Å². The molecule has 1 saturated carbocycles. The molecule has 0 aromatic rings. The van der Waals surface area contributed by atoms with Crippen LogP contribution in [0, 0.1) is 61.8 Å². The number of hydrogen-bond acceptors (Lipinski definition) is 3. The van der Waals surface area contributed by atoms with Gasteiger partial charge in [-0.15, -0.1) is 0 Å². The van der Waals surface area contributed by atoms with E-state index in [0.29, 0.717) is 12.2 Å². The van der Waals surface area contributed by atoms with E-state index >= 15 is 0 Å². The van der Waals surface area contributed by atoms with Crippen LogP contribution in [0.25, 0.3) is 0 Å². The van der Waals surface area contributed by atoms with E-state index < -0.39 is 34.8 Å². The molecule has 0 atom stereocenters. The Hall–Kier alpha value is 3.08. The second kappa shape index (κ2) is 62.0. The van der Waals surface area contributed by atoms with Gasteiger partial charge in [-0.1, -0.05) is 34.6 Å². The zero-order valence-corrected chi connectivity index (χ0v) is 44.8. The van der Waals surface area contributed by atoms with Crippen molar-refractivity contribution in [2.24, 2.45) is 5.92 Å². The SMILES string of the molecule is CC1CC(F)(F)C1.CCC#N.CCC(F)(F)F.CCC(F)F.CCCS(C)(=O)=O.[CH3-].[CH3-].[CH3-].[CH3-].[CH3-].[CH3-].[W].[W].[W].[W].[W].[W]. The van der Waals surface area contributed by atoms with Gasteiger partial charge in [-0.3, -0.25) is 0 Å². The Morgan fingerprint density at radius 2 is 1.05 bits per heavy atom. The Balaban J connectivity index is -0.0000000128. The molecule has 262 valence electrons. The van der Waals surface area contributed by atoms with Gasteiger partial charge in [0.2, 0.25) is 12.3 Å². The molecular weight excluding hydrogens is 1600 g/mol. The van der Waals surface area contributed by atoms with E-state index in [-0.39, 0.29) is 196 Å². The maximum absolute atomic E-state index is 11.8. The number of sulfone groups is 1. The molecular formula is C24H52F7NO2SW6-6. The van der Waals surface area contributed by atoms with E-state index in [0.717, 1.165) is 13.3 Å². The summed E-state index contributed by atoms with van der Waals surface area (Å²) in [5.74, 6) is -1.73. The predicted molar refractivity (Wildman–Crippen MR) is 140 cm³/mol. The van der Waals surface area contributed by atoms with Gasteiger partial charge in [0, 0.05) is 171 Å². The van der Waals surface area contributed by atoms with Crippen molar-refractivity contribution >= 4 is 9.84 Å². The third-order valence-corrected chi connectivity index (χ3v) is 3.89. The first-order valence-corrected chi connectivity index (χ1v) is 11.2. The molecule has 17 heteroatoms. The van der Waals surface area contributed by atoms with Gasteiger partial charge in [0.25, 0.3) is 0 Å². The zero-order chi connectivity index (χ0) is 24.3. The van der Waals surface area contributed by atoms with Gasteiger partial charge in [-0.2, -0.15) is 18.4 Å². The van der Waals surface area contributed by atoms with Crippen LogP contribution in [-0.4, -0.2) is 39.0 Å². The Kier molecular flexibility index (Phi) is 157. The summed E-state index contributed by atoms with van der Waals surface area (Å²) in [6, 6.07) is 1.93. The summed E-state index contributed by atoms with van der Waals surface area (Å²) in [7, 11) is -2.67. The van der Waals surface area contributed by atoms with Crippen molar-refractivity contribution in [2.45, 2.75) is 91.7 Å². The summed E-state index contributed by atoms with van der Waals surface area (Å²) in [5.41, 5.74) is 0. The minimum atomic E-state index is -3.96. The smallest absolute Gasteiger partial charge is 0.358 e. The Morgan fingerprint density at radius 1 is 0.829 bits per heavy atom. The molecule has 0 unspecified atom stereocenters. The molecule has 0 saturated heterocycles. The molecule has 1 aliphatic rings. The van der Waals surface area contributed by atoms with E-state index in [1.807, 2.05) is 26.8 Å². The van der Waals surface area contributed by atoms with Crippen LogP contribution in [0.5, 0.6) is 0 Å². The molecule has 0 aromatic carbocycles.